The van der Waals surface area contributed by atoms with Gasteiger partial charge in [0.1, 0.15) is 5.60 Å². The number of amides is 1. The first-order valence-electron chi connectivity index (χ1n) is 9.05. The van der Waals surface area contributed by atoms with Gasteiger partial charge in [0.15, 0.2) is 0 Å². The van der Waals surface area contributed by atoms with Crippen LogP contribution in [-0.4, -0.2) is 45.4 Å². The van der Waals surface area contributed by atoms with E-state index in [1.54, 1.807) is 12.3 Å². The highest BCUT2D eigenvalue weighted by Crippen LogP contribution is 2.46. The molecule has 3 heterocycles. The van der Waals surface area contributed by atoms with Crippen LogP contribution in [-0.2, 0) is 10.3 Å². The summed E-state index contributed by atoms with van der Waals surface area (Å²) in [6.45, 7) is 8.09. The third-order valence-corrected chi connectivity index (χ3v) is 4.94. The number of ether oxygens (including phenoxy) is 2. The fraction of sp³-hybridized carbons (Fsp3) is 0.684. The third kappa shape index (κ3) is 3.73. The molecule has 1 aromatic rings. The molecule has 6 heteroatoms. The second-order valence-electron chi connectivity index (χ2n) is 8.03. The second-order valence-corrected chi connectivity index (χ2v) is 8.03. The van der Waals surface area contributed by atoms with Crippen LogP contribution >= 0.6 is 0 Å². The SMILES string of the molecule is CCOc1ccc(C2(O)CC3CCC(C2)N3C(=O)OC(C)(C)C)cn1. The van der Waals surface area contributed by atoms with Crippen LogP contribution in [0.1, 0.15) is 58.9 Å². The summed E-state index contributed by atoms with van der Waals surface area (Å²) in [6, 6.07) is 3.68. The van der Waals surface area contributed by atoms with Crippen molar-refractivity contribution in [2.75, 3.05) is 6.61 Å². The molecule has 2 aliphatic heterocycles. The summed E-state index contributed by atoms with van der Waals surface area (Å²) in [5.74, 6) is 0.559. The van der Waals surface area contributed by atoms with E-state index in [2.05, 4.69) is 4.98 Å². The lowest BCUT2D eigenvalue weighted by molar-refractivity contribution is -0.0626. The molecule has 138 valence electrons. The largest absolute Gasteiger partial charge is 0.478 e. The summed E-state index contributed by atoms with van der Waals surface area (Å²) in [7, 11) is 0. The summed E-state index contributed by atoms with van der Waals surface area (Å²) < 4.78 is 10.9. The van der Waals surface area contributed by atoms with Crippen LogP contribution in [0.3, 0.4) is 0 Å². The number of aromatic nitrogens is 1. The molecular weight excluding hydrogens is 320 g/mol. The van der Waals surface area contributed by atoms with Crippen molar-refractivity contribution in [2.45, 2.75) is 76.7 Å². The Kier molecular flexibility index (Phi) is 4.66. The van der Waals surface area contributed by atoms with Crippen LogP contribution in [0.2, 0.25) is 0 Å². The monoisotopic (exact) mass is 348 g/mol. The minimum absolute atomic E-state index is 0.00479. The van der Waals surface area contributed by atoms with E-state index in [-0.39, 0.29) is 18.2 Å². The van der Waals surface area contributed by atoms with Crippen molar-refractivity contribution in [3.8, 4) is 5.88 Å². The first-order chi connectivity index (χ1) is 11.7. The Morgan fingerprint density at radius 1 is 1.32 bits per heavy atom. The van der Waals surface area contributed by atoms with E-state index in [0.29, 0.717) is 25.3 Å². The molecule has 25 heavy (non-hydrogen) atoms. The van der Waals surface area contributed by atoms with Crippen LogP contribution < -0.4 is 4.74 Å². The summed E-state index contributed by atoms with van der Waals surface area (Å²) in [6.07, 6.45) is 4.24. The number of pyridine rings is 1. The number of fused-ring (bicyclic) bond motifs is 2. The molecule has 0 aromatic carbocycles. The van der Waals surface area contributed by atoms with Gasteiger partial charge in [-0.1, -0.05) is 0 Å². The van der Waals surface area contributed by atoms with Gasteiger partial charge in [0.2, 0.25) is 5.88 Å². The quantitative estimate of drug-likeness (QED) is 0.908. The lowest BCUT2D eigenvalue weighted by Gasteiger charge is -2.44. The predicted octanol–water partition coefficient (Wildman–Crippen LogP) is 3.23. The summed E-state index contributed by atoms with van der Waals surface area (Å²) >= 11 is 0. The second kappa shape index (κ2) is 6.48. The maximum atomic E-state index is 12.5. The smallest absolute Gasteiger partial charge is 0.410 e. The molecule has 2 bridgehead atoms. The van der Waals surface area contributed by atoms with Crippen molar-refractivity contribution in [3.05, 3.63) is 23.9 Å². The first-order valence-corrected chi connectivity index (χ1v) is 9.05. The molecule has 1 amide bonds. The molecule has 1 N–H and O–H groups in total. The number of hydrogen-bond acceptors (Lipinski definition) is 5. The van der Waals surface area contributed by atoms with Crippen molar-refractivity contribution in [1.82, 2.24) is 9.88 Å². The van der Waals surface area contributed by atoms with Gasteiger partial charge < -0.3 is 19.5 Å². The first kappa shape index (κ1) is 18.0. The zero-order valence-electron chi connectivity index (χ0n) is 15.5. The van der Waals surface area contributed by atoms with Crippen LogP contribution in [0.25, 0.3) is 0 Å². The summed E-state index contributed by atoms with van der Waals surface area (Å²) in [5, 5.41) is 11.2. The van der Waals surface area contributed by atoms with Gasteiger partial charge in [-0.3, -0.25) is 0 Å². The van der Waals surface area contributed by atoms with Gasteiger partial charge >= 0.3 is 6.09 Å². The Balaban J connectivity index is 1.75. The number of aliphatic hydroxyl groups is 1. The zero-order valence-corrected chi connectivity index (χ0v) is 15.5. The highest BCUT2D eigenvalue weighted by atomic mass is 16.6. The van der Waals surface area contributed by atoms with Crippen LogP contribution in [0.5, 0.6) is 5.88 Å². The van der Waals surface area contributed by atoms with Gasteiger partial charge in [-0.15, -0.1) is 0 Å². The third-order valence-electron chi connectivity index (χ3n) is 4.94. The van der Waals surface area contributed by atoms with Crippen molar-refractivity contribution < 1.29 is 19.4 Å². The van der Waals surface area contributed by atoms with Crippen molar-refractivity contribution >= 4 is 6.09 Å². The Bertz CT molecular complexity index is 609. The average Bonchev–Trinajstić information content (AvgIpc) is 2.79. The standard InChI is InChI=1S/C19H28N2O4/c1-5-24-16-9-6-13(12-20-16)19(23)10-14-7-8-15(11-19)21(14)17(22)25-18(2,3)4/h6,9,12,14-15,23H,5,7-8,10-11H2,1-4H3. The molecule has 3 rings (SSSR count). The molecule has 2 unspecified atom stereocenters. The molecule has 1 aromatic heterocycles. The van der Waals surface area contributed by atoms with E-state index in [0.717, 1.165) is 18.4 Å². The van der Waals surface area contributed by atoms with E-state index in [1.165, 1.54) is 0 Å². The maximum Gasteiger partial charge on any atom is 0.410 e. The molecular formula is C19H28N2O4. The topological polar surface area (TPSA) is 71.9 Å². The normalized spacial score (nSPS) is 28.8. The number of carbonyl (C=O) groups excluding carboxylic acids is 1. The lowest BCUT2D eigenvalue weighted by atomic mass is 9.81. The van der Waals surface area contributed by atoms with E-state index >= 15 is 0 Å². The lowest BCUT2D eigenvalue weighted by Crippen LogP contribution is -2.53. The Morgan fingerprint density at radius 3 is 2.44 bits per heavy atom. The van der Waals surface area contributed by atoms with E-state index in [4.69, 9.17) is 9.47 Å². The van der Waals surface area contributed by atoms with E-state index < -0.39 is 11.2 Å². The Labute approximate surface area is 149 Å². The van der Waals surface area contributed by atoms with Gasteiger partial charge in [0, 0.05) is 42.8 Å². The Hall–Kier alpha value is -1.82. The maximum absolute atomic E-state index is 12.5. The Morgan fingerprint density at radius 2 is 1.96 bits per heavy atom. The van der Waals surface area contributed by atoms with Crippen molar-refractivity contribution in [1.29, 1.82) is 0 Å². The summed E-state index contributed by atoms with van der Waals surface area (Å²) in [4.78, 5) is 18.6. The number of carbonyl (C=O) groups is 1. The molecule has 2 atom stereocenters. The molecule has 6 nitrogen and oxygen atoms in total. The predicted molar refractivity (Wildman–Crippen MR) is 93.4 cm³/mol. The van der Waals surface area contributed by atoms with Gasteiger partial charge in [-0.25, -0.2) is 9.78 Å². The number of nitrogens with zero attached hydrogens (tertiary/aromatic N) is 2. The number of hydrogen-bond donors (Lipinski definition) is 1. The molecule has 0 radical (unpaired) electrons. The molecule has 0 aliphatic carbocycles. The molecule has 2 aliphatic rings. The van der Waals surface area contributed by atoms with Gasteiger partial charge in [0.05, 0.1) is 12.2 Å². The van der Waals surface area contributed by atoms with Crippen molar-refractivity contribution in [3.63, 3.8) is 0 Å². The van der Waals surface area contributed by atoms with Crippen LogP contribution in [0.15, 0.2) is 18.3 Å². The van der Waals surface area contributed by atoms with Gasteiger partial charge in [-0.2, -0.15) is 0 Å². The van der Waals surface area contributed by atoms with Gasteiger partial charge in [0.25, 0.3) is 0 Å². The van der Waals surface area contributed by atoms with Crippen molar-refractivity contribution in [2.24, 2.45) is 0 Å². The van der Waals surface area contributed by atoms with Crippen LogP contribution in [0.4, 0.5) is 4.79 Å². The van der Waals surface area contributed by atoms with Crippen LogP contribution in [0, 0.1) is 0 Å². The number of rotatable bonds is 3. The summed E-state index contributed by atoms with van der Waals surface area (Å²) in [5.41, 5.74) is -0.678. The molecule has 0 saturated carbocycles. The van der Waals surface area contributed by atoms with E-state index in [9.17, 15) is 9.90 Å². The highest BCUT2D eigenvalue weighted by molar-refractivity contribution is 5.69. The highest BCUT2D eigenvalue weighted by Gasteiger charge is 2.51. The fourth-order valence-corrected chi connectivity index (χ4v) is 3.96. The average molecular weight is 348 g/mol. The minimum Gasteiger partial charge on any atom is -0.478 e. The zero-order chi connectivity index (χ0) is 18.2. The molecule has 2 saturated heterocycles. The fourth-order valence-electron chi connectivity index (χ4n) is 3.96. The molecule has 0 spiro atoms. The van der Waals surface area contributed by atoms with E-state index in [1.807, 2.05) is 38.7 Å². The van der Waals surface area contributed by atoms with Gasteiger partial charge in [-0.05, 0) is 46.6 Å². The number of piperidine rings is 1. The minimum atomic E-state index is -0.956. The molecule has 2 fully saturated rings.